The minimum atomic E-state index is -0.141. The molecule has 3 heterocycles. The second-order valence-corrected chi connectivity index (χ2v) is 10.1. The first-order chi connectivity index (χ1) is 16.7. The van der Waals surface area contributed by atoms with Crippen LogP contribution in [0.2, 0.25) is 0 Å². The van der Waals surface area contributed by atoms with Crippen LogP contribution in [-0.4, -0.2) is 73.3 Å². The lowest BCUT2D eigenvalue weighted by molar-refractivity contribution is -0.126. The molecule has 1 saturated carbocycles. The predicted octanol–water partition coefficient (Wildman–Crippen LogP) is 3.90. The third-order valence-corrected chi connectivity index (χ3v) is 7.70. The zero-order valence-electron chi connectivity index (χ0n) is 20.0. The molecule has 3 aromatic rings. The van der Waals surface area contributed by atoms with E-state index >= 15 is 0 Å². The van der Waals surface area contributed by atoms with E-state index in [9.17, 15) is 4.79 Å². The molecule has 1 amide bonds. The number of methoxy groups -OCH3 is 1. The smallest absolute Gasteiger partial charge is 0.237 e. The van der Waals surface area contributed by atoms with Gasteiger partial charge >= 0.3 is 0 Å². The lowest BCUT2D eigenvalue weighted by atomic mass is 10.1. The standard InChI is InChI=1S/C26H33N5O2S/c1-18(25(32)27-11-6-16-33-2)30-12-14-31(15-13-30)24-22-21(19-7-4-3-5-8-19)17-34-26(22)29-23(28-24)20-9-10-20/h3-5,7-8,17-18,20H,6,9-16H2,1-2H3,(H,27,32). The molecule has 0 radical (unpaired) electrons. The number of nitrogens with one attached hydrogen (secondary N) is 1. The number of carbonyl (C=O) groups excluding carboxylic acids is 1. The van der Waals surface area contributed by atoms with Crippen molar-refractivity contribution in [1.29, 1.82) is 0 Å². The minimum Gasteiger partial charge on any atom is -0.385 e. The monoisotopic (exact) mass is 479 g/mol. The maximum atomic E-state index is 12.6. The third-order valence-electron chi connectivity index (χ3n) is 6.82. The number of fused-ring (bicyclic) bond motifs is 1. The second-order valence-electron chi connectivity index (χ2n) is 9.21. The van der Waals surface area contributed by atoms with Crippen molar-refractivity contribution in [2.24, 2.45) is 0 Å². The second kappa shape index (κ2) is 10.4. The van der Waals surface area contributed by atoms with Crippen LogP contribution in [0.4, 0.5) is 5.82 Å². The van der Waals surface area contributed by atoms with E-state index in [2.05, 4.69) is 50.8 Å². The molecule has 5 rings (SSSR count). The van der Waals surface area contributed by atoms with E-state index in [1.165, 1.54) is 24.0 Å². The number of benzene rings is 1. The quantitative estimate of drug-likeness (QED) is 0.470. The van der Waals surface area contributed by atoms with Crippen LogP contribution in [0.25, 0.3) is 21.3 Å². The lowest BCUT2D eigenvalue weighted by Crippen LogP contribution is -2.54. The van der Waals surface area contributed by atoms with Gasteiger partial charge < -0.3 is 15.0 Å². The number of carbonyl (C=O) groups is 1. The molecular weight excluding hydrogens is 446 g/mol. The summed E-state index contributed by atoms with van der Waals surface area (Å²) in [4.78, 5) is 28.4. The van der Waals surface area contributed by atoms with Gasteiger partial charge in [0, 0.05) is 63.3 Å². The summed E-state index contributed by atoms with van der Waals surface area (Å²) in [6.45, 7) is 6.69. The van der Waals surface area contributed by atoms with Gasteiger partial charge in [-0.05, 0) is 31.7 Å². The zero-order chi connectivity index (χ0) is 23.5. The van der Waals surface area contributed by atoms with Crippen molar-refractivity contribution in [1.82, 2.24) is 20.2 Å². The normalized spacial score (nSPS) is 17.8. The molecule has 2 fully saturated rings. The molecule has 0 spiro atoms. The van der Waals surface area contributed by atoms with Crippen LogP contribution >= 0.6 is 11.3 Å². The molecule has 1 atom stereocenters. The highest BCUT2D eigenvalue weighted by molar-refractivity contribution is 7.17. The van der Waals surface area contributed by atoms with Crippen molar-refractivity contribution < 1.29 is 9.53 Å². The summed E-state index contributed by atoms with van der Waals surface area (Å²) >= 11 is 1.72. The number of hydrogen-bond acceptors (Lipinski definition) is 7. The van der Waals surface area contributed by atoms with Gasteiger partial charge in [-0.3, -0.25) is 9.69 Å². The van der Waals surface area contributed by atoms with Crippen LogP contribution in [0.15, 0.2) is 35.7 Å². The summed E-state index contributed by atoms with van der Waals surface area (Å²) in [6.07, 6.45) is 3.21. The third kappa shape index (κ3) is 4.94. The van der Waals surface area contributed by atoms with E-state index in [1.807, 2.05) is 6.92 Å². The van der Waals surface area contributed by atoms with Gasteiger partial charge in [-0.25, -0.2) is 9.97 Å². The largest absolute Gasteiger partial charge is 0.385 e. The van der Waals surface area contributed by atoms with Gasteiger partial charge in [0.15, 0.2) is 0 Å². The highest BCUT2D eigenvalue weighted by Gasteiger charge is 2.31. The van der Waals surface area contributed by atoms with E-state index in [4.69, 9.17) is 14.7 Å². The van der Waals surface area contributed by atoms with Crippen LogP contribution in [-0.2, 0) is 9.53 Å². The van der Waals surface area contributed by atoms with E-state index in [0.29, 0.717) is 19.1 Å². The fourth-order valence-corrected chi connectivity index (χ4v) is 5.53. The van der Waals surface area contributed by atoms with Gasteiger partial charge in [0.25, 0.3) is 0 Å². The maximum absolute atomic E-state index is 12.6. The molecule has 1 aromatic carbocycles. The summed E-state index contributed by atoms with van der Waals surface area (Å²) in [5.41, 5.74) is 2.42. The summed E-state index contributed by atoms with van der Waals surface area (Å²) in [5, 5.41) is 6.43. The van der Waals surface area contributed by atoms with Gasteiger partial charge in [0.2, 0.25) is 5.91 Å². The number of thiophene rings is 1. The average Bonchev–Trinajstić information content (AvgIpc) is 3.65. The number of aromatic nitrogens is 2. The highest BCUT2D eigenvalue weighted by atomic mass is 32.1. The number of piperazine rings is 1. The Morgan fingerprint density at radius 1 is 1.18 bits per heavy atom. The van der Waals surface area contributed by atoms with Crippen LogP contribution in [0.5, 0.6) is 0 Å². The molecule has 1 N–H and O–H groups in total. The first kappa shape index (κ1) is 23.2. The van der Waals surface area contributed by atoms with Gasteiger partial charge in [-0.15, -0.1) is 11.3 Å². The van der Waals surface area contributed by atoms with Crippen molar-refractivity contribution in [2.75, 3.05) is 51.3 Å². The predicted molar refractivity (Wildman–Crippen MR) is 138 cm³/mol. The summed E-state index contributed by atoms with van der Waals surface area (Å²) in [7, 11) is 1.68. The molecule has 1 saturated heterocycles. The minimum absolute atomic E-state index is 0.0918. The van der Waals surface area contributed by atoms with Crippen molar-refractivity contribution in [3.05, 3.63) is 41.5 Å². The SMILES string of the molecule is COCCCNC(=O)C(C)N1CCN(c2nc(C3CC3)nc3scc(-c4ccccc4)c23)CC1. The number of amides is 1. The molecule has 2 aliphatic rings. The molecular formula is C26H33N5O2S. The average molecular weight is 480 g/mol. The molecule has 180 valence electrons. The summed E-state index contributed by atoms with van der Waals surface area (Å²) in [5.74, 6) is 2.65. The van der Waals surface area contributed by atoms with Crippen molar-refractivity contribution in [3.8, 4) is 11.1 Å². The Kier molecular flexibility index (Phi) is 7.08. The zero-order valence-corrected chi connectivity index (χ0v) is 20.8. The Bertz CT molecular complexity index is 1120. The van der Waals surface area contributed by atoms with E-state index < -0.39 is 0 Å². The Hall–Kier alpha value is -2.55. The Labute approximate surface area is 205 Å². The van der Waals surface area contributed by atoms with Crippen molar-refractivity contribution in [2.45, 2.75) is 38.1 Å². The van der Waals surface area contributed by atoms with Crippen molar-refractivity contribution in [3.63, 3.8) is 0 Å². The molecule has 34 heavy (non-hydrogen) atoms. The van der Waals surface area contributed by atoms with Crippen LogP contribution in [0.1, 0.15) is 37.9 Å². The number of hydrogen-bond donors (Lipinski definition) is 1. The van der Waals surface area contributed by atoms with Gasteiger partial charge in [-0.1, -0.05) is 30.3 Å². The first-order valence-electron chi connectivity index (χ1n) is 12.3. The van der Waals surface area contributed by atoms with Gasteiger partial charge in [0.05, 0.1) is 11.4 Å². The highest BCUT2D eigenvalue weighted by Crippen LogP contribution is 2.43. The Morgan fingerprint density at radius 2 is 1.94 bits per heavy atom. The fourth-order valence-electron chi connectivity index (χ4n) is 4.59. The molecule has 2 aromatic heterocycles. The molecule has 1 aliphatic heterocycles. The van der Waals surface area contributed by atoms with Gasteiger partial charge in [0.1, 0.15) is 16.5 Å². The number of anilines is 1. The lowest BCUT2D eigenvalue weighted by Gasteiger charge is -2.38. The van der Waals surface area contributed by atoms with Crippen LogP contribution < -0.4 is 10.2 Å². The first-order valence-corrected chi connectivity index (χ1v) is 13.1. The molecule has 0 bridgehead atoms. The topological polar surface area (TPSA) is 70.6 Å². The van der Waals surface area contributed by atoms with E-state index in [-0.39, 0.29) is 11.9 Å². The molecule has 1 aliphatic carbocycles. The van der Waals surface area contributed by atoms with Crippen molar-refractivity contribution >= 4 is 33.3 Å². The van der Waals surface area contributed by atoms with Gasteiger partial charge in [-0.2, -0.15) is 0 Å². The Balaban J connectivity index is 1.34. The summed E-state index contributed by atoms with van der Waals surface area (Å²) in [6, 6.07) is 10.4. The van der Waals surface area contributed by atoms with Crippen LogP contribution in [0, 0.1) is 0 Å². The van der Waals surface area contributed by atoms with Crippen LogP contribution in [0.3, 0.4) is 0 Å². The Morgan fingerprint density at radius 3 is 2.65 bits per heavy atom. The fraction of sp³-hybridized carbons (Fsp3) is 0.500. The number of nitrogens with zero attached hydrogens (tertiary/aromatic N) is 4. The number of ether oxygens (including phenoxy) is 1. The molecule has 1 unspecified atom stereocenters. The van der Waals surface area contributed by atoms with E-state index in [0.717, 1.165) is 54.5 Å². The maximum Gasteiger partial charge on any atom is 0.237 e. The molecule has 7 nitrogen and oxygen atoms in total. The van der Waals surface area contributed by atoms with E-state index in [1.54, 1.807) is 18.4 Å². The number of rotatable bonds is 9. The molecule has 8 heteroatoms. The summed E-state index contributed by atoms with van der Waals surface area (Å²) < 4.78 is 5.07.